The molecule has 39 heavy (non-hydrogen) atoms. The normalized spacial score (nSPS) is 16.9. The predicted molar refractivity (Wildman–Crippen MR) is 143 cm³/mol. The van der Waals surface area contributed by atoms with Gasteiger partial charge in [0.2, 0.25) is 0 Å². The first-order chi connectivity index (χ1) is 18.9. The van der Waals surface area contributed by atoms with Crippen LogP contribution in [0.3, 0.4) is 0 Å². The Labute approximate surface area is 225 Å². The van der Waals surface area contributed by atoms with Gasteiger partial charge in [0.15, 0.2) is 17.3 Å². The summed E-state index contributed by atoms with van der Waals surface area (Å²) in [6.07, 6.45) is 1.75. The van der Waals surface area contributed by atoms with Gasteiger partial charge in [-0.2, -0.15) is 0 Å². The third-order valence-electron chi connectivity index (χ3n) is 6.96. The maximum atomic E-state index is 14.4. The van der Waals surface area contributed by atoms with Gasteiger partial charge in [0, 0.05) is 40.9 Å². The molecule has 1 amide bonds. The monoisotopic (exact) mass is 530 g/mol. The molecule has 0 fully saturated rings. The lowest BCUT2D eigenvalue weighted by molar-refractivity contribution is -0.116. The van der Waals surface area contributed by atoms with E-state index in [-0.39, 0.29) is 17.0 Å². The third-order valence-corrected chi connectivity index (χ3v) is 6.96. The fourth-order valence-electron chi connectivity index (χ4n) is 5.12. The van der Waals surface area contributed by atoms with Crippen LogP contribution in [0.15, 0.2) is 89.3 Å². The fourth-order valence-corrected chi connectivity index (χ4v) is 5.12. The van der Waals surface area contributed by atoms with Gasteiger partial charge in [0.05, 0.1) is 12.8 Å². The summed E-state index contributed by atoms with van der Waals surface area (Å²) in [7, 11) is 1.53. The summed E-state index contributed by atoms with van der Waals surface area (Å²) in [5.41, 5.74) is 3.61. The number of hydrogen-bond donors (Lipinski definition) is 2. The minimum Gasteiger partial charge on any atom is -0.493 e. The van der Waals surface area contributed by atoms with E-state index in [1.54, 1.807) is 19.1 Å². The molecule has 0 unspecified atom stereocenters. The summed E-state index contributed by atoms with van der Waals surface area (Å²) in [4.78, 5) is 26.8. The minimum absolute atomic E-state index is 0.0529. The average molecular weight is 531 g/mol. The zero-order valence-electron chi connectivity index (χ0n) is 21.6. The Balaban J connectivity index is 1.52. The van der Waals surface area contributed by atoms with E-state index >= 15 is 0 Å². The molecule has 1 atom stereocenters. The summed E-state index contributed by atoms with van der Waals surface area (Å²) in [5.74, 6) is -2.03. The topological polar surface area (TPSA) is 76.7 Å². The van der Waals surface area contributed by atoms with Crippen LogP contribution in [0, 0.1) is 11.6 Å². The number of dihydropyridines is 1. The van der Waals surface area contributed by atoms with Crippen LogP contribution in [0.4, 0.5) is 14.5 Å². The molecular weight excluding hydrogens is 502 g/mol. The Morgan fingerprint density at radius 2 is 1.82 bits per heavy atom. The van der Waals surface area contributed by atoms with Crippen LogP contribution in [0.5, 0.6) is 11.5 Å². The van der Waals surface area contributed by atoms with E-state index < -0.39 is 23.5 Å². The lowest BCUT2D eigenvalue weighted by Crippen LogP contribution is -2.35. The molecule has 3 aromatic carbocycles. The van der Waals surface area contributed by atoms with Gasteiger partial charge in [0.25, 0.3) is 5.91 Å². The maximum Gasteiger partial charge on any atom is 0.254 e. The standard InChI is InChI=1S/C31H28F2N2O4/c1-18-28(31(37)35-23-13-12-21(32)16-22(23)33)29(30-24(34-18)9-6-10-25(30)36)20-11-14-26(27(15-20)38-2)39-17-19-7-4-3-5-8-19/h3-5,7-8,11-16,29,34H,6,9-10,17H2,1-2H3,(H,35,37)/t29-/m0/s1. The number of benzene rings is 3. The number of ether oxygens (including phenoxy) is 2. The van der Waals surface area contributed by atoms with E-state index in [2.05, 4.69) is 10.6 Å². The largest absolute Gasteiger partial charge is 0.493 e. The lowest BCUT2D eigenvalue weighted by Gasteiger charge is -2.34. The van der Waals surface area contributed by atoms with Crippen molar-refractivity contribution >= 4 is 17.4 Å². The minimum atomic E-state index is -0.892. The summed E-state index contributed by atoms with van der Waals surface area (Å²) >= 11 is 0. The molecule has 0 radical (unpaired) electrons. The summed E-state index contributed by atoms with van der Waals surface area (Å²) < 4.78 is 39.4. The first kappa shape index (κ1) is 26.2. The maximum absolute atomic E-state index is 14.4. The number of rotatable bonds is 7. The highest BCUT2D eigenvalue weighted by atomic mass is 19.1. The van der Waals surface area contributed by atoms with Crippen LogP contribution < -0.4 is 20.1 Å². The Bertz CT molecular complexity index is 1500. The van der Waals surface area contributed by atoms with Crippen LogP contribution >= 0.6 is 0 Å². The smallest absolute Gasteiger partial charge is 0.254 e. The molecule has 6 nitrogen and oxygen atoms in total. The number of ketones is 1. The molecule has 2 N–H and O–H groups in total. The second-order valence-corrected chi connectivity index (χ2v) is 9.53. The van der Waals surface area contributed by atoms with Gasteiger partial charge >= 0.3 is 0 Å². The highest BCUT2D eigenvalue weighted by Gasteiger charge is 2.39. The molecule has 0 saturated heterocycles. The van der Waals surface area contributed by atoms with Crippen LogP contribution in [0.25, 0.3) is 0 Å². The van der Waals surface area contributed by atoms with E-state index in [4.69, 9.17) is 9.47 Å². The lowest BCUT2D eigenvalue weighted by atomic mass is 9.75. The Hall–Kier alpha value is -4.46. The van der Waals surface area contributed by atoms with Crippen molar-refractivity contribution in [2.45, 2.75) is 38.7 Å². The van der Waals surface area contributed by atoms with E-state index in [9.17, 15) is 18.4 Å². The van der Waals surface area contributed by atoms with Gasteiger partial charge in [-0.3, -0.25) is 9.59 Å². The molecule has 3 aromatic rings. The molecule has 0 aromatic heterocycles. The van der Waals surface area contributed by atoms with Gasteiger partial charge in [0.1, 0.15) is 18.2 Å². The SMILES string of the molecule is COc1cc([C@H]2C(C(=O)Nc3ccc(F)cc3F)=C(C)NC3=C2C(=O)CCC3)ccc1OCc1ccccc1. The molecule has 0 spiro atoms. The number of allylic oxidation sites excluding steroid dienone is 3. The van der Waals surface area contributed by atoms with Crippen molar-refractivity contribution in [1.82, 2.24) is 5.32 Å². The average Bonchev–Trinajstić information content (AvgIpc) is 2.93. The summed E-state index contributed by atoms with van der Waals surface area (Å²) in [6.45, 7) is 2.09. The molecule has 1 aliphatic heterocycles. The van der Waals surface area contributed by atoms with Crippen molar-refractivity contribution in [2.24, 2.45) is 0 Å². The van der Waals surface area contributed by atoms with Crippen molar-refractivity contribution in [3.63, 3.8) is 0 Å². The molecule has 1 aliphatic carbocycles. The zero-order valence-corrected chi connectivity index (χ0v) is 21.6. The molecule has 2 aliphatic rings. The van der Waals surface area contributed by atoms with Gasteiger partial charge in [-0.15, -0.1) is 0 Å². The summed E-state index contributed by atoms with van der Waals surface area (Å²) in [6, 6.07) is 18.0. The molecule has 0 bridgehead atoms. The second-order valence-electron chi connectivity index (χ2n) is 9.53. The second kappa shape index (κ2) is 11.1. The van der Waals surface area contributed by atoms with Crippen LogP contribution in [0.2, 0.25) is 0 Å². The zero-order chi connectivity index (χ0) is 27.5. The van der Waals surface area contributed by atoms with Crippen molar-refractivity contribution in [3.05, 3.63) is 112 Å². The van der Waals surface area contributed by atoms with Crippen molar-refractivity contribution in [1.29, 1.82) is 0 Å². The Kier molecular flexibility index (Phi) is 7.45. The van der Waals surface area contributed by atoms with E-state index in [1.807, 2.05) is 36.4 Å². The number of halogens is 2. The fraction of sp³-hybridized carbons (Fsp3) is 0.226. The first-order valence-corrected chi connectivity index (χ1v) is 12.7. The van der Waals surface area contributed by atoms with Gasteiger partial charge < -0.3 is 20.1 Å². The first-order valence-electron chi connectivity index (χ1n) is 12.7. The number of Topliss-reactive ketones (excluding diaryl/α,β-unsaturated/α-hetero) is 1. The highest BCUT2D eigenvalue weighted by molar-refractivity contribution is 6.09. The molecule has 8 heteroatoms. The van der Waals surface area contributed by atoms with Crippen molar-refractivity contribution in [2.75, 3.05) is 12.4 Å². The van der Waals surface area contributed by atoms with Crippen LogP contribution in [-0.2, 0) is 16.2 Å². The summed E-state index contributed by atoms with van der Waals surface area (Å²) in [5, 5.41) is 5.79. The number of carbonyl (C=O) groups excluding carboxylic acids is 2. The molecule has 1 heterocycles. The quantitative estimate of drug-likeness (QED) is 0.383. The number of hydrogen-bond acceptors (Lipinski definition) is 5. The Morgan fingerprint density at radius 1 is 1.03 bits per heavy atom. The molecular formula is C31H28F2N2O4. The Morgan fingerprint density at radius 3 is 2.56 bits per heavy atom. The van der Waals surface area contributed by atoms with Gasteiger partial charge in [-0.25, -0.2) is 8.78 Å². The predicted octanol–water partition coefficient (Wildman–Crippen LogP) is 6.16. The molecule has 0 saturated carbocycles. The molecule has 5 rings (SSSR count). The van der Waals surface area contributed by atoms with Crippen LogP contribution in [0.1, 0.15) is 43.2 Å². The number of nitrogens with one attached hydrogen (secondary N) is 2. The van der Waals surface area contributed by atoms with Crippen molar-refractivity contribution < 1.29 is 27.8 Å². The van der Waals surface area contributed by atoms with E-state index in [0.29, 0.717) is 60.3 Å². The van der Waals surface area contributed by atoms with E-state index in [0.717, 1.165) is 17.3 Å². The van der Waals surface area contributed by atoms with Crippen molar-refractivity contribution in [3.8, 4) is 11.5 Å². The van der Waals surface area contributed by atoms with Crippen LogP contribution in [-0.4, -0.2) is 18.8 Å². The highest BCUT2D eigenvalue weighted by Crippen LogP contribution is 2.44. The molecule has 200 valence electrons. The van der Waals surface area contributed by atoms with Gasteiger partial charge in [-0.05, 0) is 55.2 Å². The number of amides is 1. The van der Waals surface area contributed by atoms with Gasteiger partial charge in [-0.1, -0.05) is 36.4 Å². The number of carbonyl (C=O) groups is 2. The number of methoxy groups -OCH3 is 1. The third kappa shape index (κ3) is 5.41. The van der Waals surface area contributed by atoms with E-state index in [1.165, 1.54) is 13.2 Å². The number of anilines is 1.